The van der Waals surface area contributed by atoms with Crippen LogP contribution in [0.5, 0.6) is 5.75 Å². The number of carbonyl (C=O) groups excluding carboxylic acids is 1. The molecule has 8 heteroatoms. The Morgan fingerprint density at radius 3 is 2.55 bits per heavy atom. The molecule has 0 heterocycles. The fraction of sp³-hybridized carbons (Fsp3) is 0.0476. The summed E-state index contributed by atoms with van der Waals surface area (Å²) in [5, 5.41) is 22.9. The van der Waals surface area contributed by atoms with Crippen molar-refractivity contribution >= 4 is 46.7 Å². The first-order chi connectivity index (χ1) is 13.9. The van der Waals surface area contributed by atoms with Crippen LogP contribution in [-0.4, -0.2) is 17.2 Å². The normalized spacial score (nSPS) is 11.3. The number of halogens is 2. The molecule has 0 radical (unpaired) electrons. The molecule has 0 spiro atoms. The number of azo groups is 1. The first kappa shape index (κ1) is 20.5. The van der Waals surface area contributed by atoms with Gasteiger partial charge in [0, 0.05) is 5.56 Å². The third kappa shape index (κ3) is 5.40. The second-order valence-corrected chi connectivity index (χ2v) is 6.89. The summed E-state index contributed by atoms with van der Waals surface area (Å²) in [5.41, 5.74) is 5.00. The van der Waals surface area contributed by atoms with E-state index in [9.17, 15) is 9.90 Å². The van der Waals surface area contributed by atoms with Crippen LogP contribution in [0.15, 0.2) is 76.0 Å². The minimum absolute atomic E-state index is 0.0203. The summed E-state index contributed by atoms with van der Waals surface area (Å²) in [6.07, 6.45) is 1.31. The molecule has 0 aliphatic rings. The maximum Gasteiger partial charge on any atom is 0.272 e. The van der Waals surface area contributed by atoms with Crippen molar-refractivity contribution in [3.8, 4) is 5.75 Å². The van der Waals surface area contributed by atoms with E-state index >= 15 is 0 Å². The van der Waals surface area contributed by atoms with Gasteiger partial charge in [-0.2, -0.15) is 10.2 Å². The van der Waals surface area contributed by atoms with Crippen molar-refractivity contribution in [3.05, 3.63) is 87.4 Å². The van der Waals surface area contributed by atoms with E-state index in [4.69, 9.17) is 23.2 Å². The quantitative estimate of drug-likeness (QED) is 0.289. The molecule has 0 saturated heterocycles. The molecule has 0 atom stereocenters. The van der Waals surface area contributed by atoms with Gasteiger partial charge in [0.25, 0.3) is 5.91 Å². The number of aryl methyl sites for hydroxylation is 1. The highest BCUT2D eigenvalue weighted by atomic mass is 35.5. The summed E-state index contributed by atoms with van der Waals surface area (Å²) < 4.78 is 0. The van der Waals surface area contributed by atoms with E-state index in [1.807, 2.05) is 6.92 Å². The molecule has 1 amide bonds. The third-order valence-electron chi connectivity index (χ3n) is 3.88. The van der Waals surface area contributed by atoms with Crippen LogP contribution in [0.25, 0.3) is 0 Å². The zero-order chi connectivity index (χ0) is 20.8. The van der Waals surface area contributed by atoms with Crippen LogP contribution in [-0.2, 0) is 0 Å². The Morgan fingerprint density at radius 1 is 1.00 bits per heavy atom. The van der Waals surface area contributed by atoms with Crippen LogP contribution in [0.3, 0.4) is 0 Å². The van der Waals surface area contributed by atoms with Gasteiger partial charge in [0.2, 0.25) is 0 Å². The Kier molecular flexibility index (Phi) is 6.59. The summed E-state index contributed by atoms with van der Waals surface area (Å²) >= 11 is 12.1. The molecule has 0 saturated carbocycles. The van der Waals surface area contributed by atoms with Crippen LogP contribution in [0, 0.1) is 6.92 Å². The van der Waals surface area contributed by atoms with E-state index < -0.39 is 5.91 Å². The number of rotatable bonds is 5. The van der Waals surface area contributed by atoms with Gasteiger partial charge in [-0.25, -0.2) is 5.43 Å². The number of amides is 1. The van der Waals surface area contributed by atoms with Crippen molar-refractivity contribution < 1.29 is 9.90 Å². The van der Waals surface area contributed by atoms with Gasteiger partial charge in [-0.05, 0) is 55.0 Å². The summed E-state index contributed by atoms with van der Waals surface area (Å²) in [6, 6.07) is 16.8. The lowest BCUT2D eigenvalue weighted by molar-refractivity contribution is 0.0955. The molecule has 0 bridgehead atoms. The number of phenolic OH excluding ortho intramolecular Hbond substituents is 1. The molecular formula is C21H16Cl2N4O2. The lowest BCUT2D eigenvalue weighted by Crippen LogP contribution is -2.18. The first-order valence-corrected chi connectivity index (χ1v) is 9.28. The van der Waals surface area contributed by atoms with Gasteiger partial charge in [-0.1, -0.05) is 41.4 Å². The Balaban J connectivity index is 1.73. The molecule has 29 heavy (non-hydrogen) atoms. The van der Waals surface area contributed by atoms with E-state index in [1.165, 1.54) is 12.3 Å². The molecule has 3 rings (SSSR count). The van der Waals surface area contributed by atoms with Gasteiger partial charge >= 0.3 is 0 Å². The maximum absolute atomic E-state index is 12.2. The lowest BCUT2D eigenvalue weighted by Gasteiger charge is -2.04. The first-order valence-electron chi connectivity index (χ1n) is 8.53. The molecule has 0 aliphatic heterocycles. The molecule has 0 fully saturated rings. The van der Waals surface area contributed by atoms with Crippen molar-refractivity contribution in [1.29, 1.82) is 0 Å². The monoisotopic (exact) mass is 426 g/mol. The molecule has 146 valence electrons. The average Bonchev–Trinajstić information content (AvgIpc) is 2.69. The topological polar surface area (TPSA) is 86.4 Å². The molecule has 6 nitrogen and oxygen atoms in total. The van der Waals surface area contributed by atoms with E-state index in [0.717, 1.165) is 5.56 Å². The number of hydrazone groups is 1. The van der Waals surface area contributed by atoms with Gasteiger partial charge in [0.05, 0.1) is 27.5 Å². The number of nitrogens with zero attached hydrogens (tertiary/aromatic N) is 3. The Morgan fingerprint density at radius 2 is 1.79 bits per heavy atom. The van der Waals surface area contributed by atoms with Crippen molar-refractivity contribution in [2.24, 2.45) is 15.3 Å². The summed E-state index contributed by atoms with van der Waals surface area (Å²) in [6.45, 7) is 1.88. The van der Waals surface area contributed by atoms with E-state index in [0.29, 0.717) is 32.5 Å². The van der Waals surface area contributed by atoms with Crippen LogP contribution in [0.2, 0.25) is 10.0 Å². The number of benzene rings is 3. The zero-order valence-electron chi connectivity index (χ0n) is 15.3. The van der Waals surface area contributed by atoms with Crippen LogP contribution >= 0.6 is 23.2 Å². The van der Waals surface area contributed by atoms with Gasteiger partial charge in [0.15, 0.2) is 0 Å². The molecule has 0 aliphatic carbocycles. The number of nitrogens with one attached hydrogen (secondary N) is 1. The molecule has 0 aromatic heterocycles. The highest BCUT2D eigenvalue weighted by Gasteiger charge is 2.09. The van der Waals surface area contributed by atoms with E-state index in [2.05, 4.69) is 20.8 Å². The predicted octanol–water partition coefficient (Wildman–Crippen LogP) is 6.19. The Hall–Kier alpha value is -3.22. The average molecular weight is 427 g/mol. The summed E-state index contributed by atoms with van der Waals surface area (Å²) in [4.78, 5) is 12.2. The fourth-order valence-corrected chi connectivity index (χ4v) is 2.87. The minimum atomic E-state index is -0.458. The number of aromatic hydroxyl groups is 1. The Bertz CT molecular complexity index is 1110. The number of hydrogen-bond donors (Lipinski definition) is 2. The molecule has 3 aromatic rings. The predicted molar refractivity (Wildman–Crippen MR) is 115 cm³/mol. The van der Waals surface area contributed by atoms with Crippen LogP contribution in [0.1, 0.15) is 21.5 Å². The lowest BCUT2D eigenvalue weighted by atomic mass is 10.1. The van der Waals surface area contributed by atoms with Crippen molar-refractivity contribution in [3.63, 3.8) is 0 Å². The second kappa shape index (κ2) is 9.32. The largest absolute Gasteiger partial charge is 0.507 e. The third-order valence-corrected chi connectivity index (χ3v) is 4.51. The molecule has 3 aromatic carbocycles. The summed E-state index contributed by atoms with van der Waals surface area (Å²) in [7, 11) is 0. The minimum Gasteiger partial charge on any atom is -0.507 e. The van der Waals surface area contributed by atoms with Crippen molar-refractivity contribution in [2.75, 3.05) is 0 Å². The maximum atomic E-state index is 12.2. The highest BCUT2D eigenvalue weighted by molar-refractivity contribution is 6.34. The number of hydrogen-bond acceptors (Lipinski definition) is 5. The van der Waals surface area contributed by atoms with Crippen molar-refractivity contribution in [1.82, 2.24) is 5.43 Å². The number of carbonyl (C=O) groups is 1. The smallest absolute Gasteiger partial charge is 0.272 e. The van der Waals surface area contributed by atoms with Gasteiger partial charge in [-0.15, -0.1) is 5.11 Å². The molecule has 2 N–H and O–H groups in total. The van der Waals surface area contributed by atoms with E-state index in [1.54, 1.807) is 54.6 Å². The zero-order valence-corrected chi connectivity index (χ0v) is 16.8. The van der Waals surface area contributed by atoms with Gasteiger partial charge < -0.3 is 5.11 Å². The standard InChI is InChI=1S/C21H16Cl2N4O2/c1-13-6-8-16(18(23)10-13)21(29)27-24-12-14-11-15(7-9-20(14)28)25-26-19-5-3-2-4-17(19)22/h2-12,28H,1H3,(H,27,29). The van der Waals surface area contributed by atoms with Gasteiger partial charge in [0.1, 0.15) is 11.4 Å². The fourth-order valence-electron chi connectivity index (χ4n) is 2.38. The second-order valence-electron chi connectivity index (χ2n) is 6.08. The van der Waals surface area contributed by atoms with Gasteiger partial charge in [-0.3, -0.25) is 4.79 Å². The Labute approximate surface area is 177 Å². The SMILES string of the molecule is Cc1ccc(C(=O)NN=Cc2cc(N=Nc3ccccc3Cl)ccc2O)c(Cl)c1. The highest BCUT2D eigenvalue weighted by Crippen LogP contribution is 2.27. The number of phenols is 1. The van der Waals surface area contributed by atoms with Crippen molar-refractivity contribution in [2.45, 2.75) is 6.92 Å². The molecular weight excluding hydrogens is 411 g/mol. The van der Waals surface area contributed by atoms with E-state index in [-0.39, 0.29) is 5.75 Å². The van der Waals surface area contributed by atoms with Crippen LogP contribution in [0.4, 0.5) is 11.4 Å². The van der Waals surface area contributed by atoms with Crippen LogP contribution < -0.4 is 5.43 Å². The summed E-state index contributed by atoms with van der Waals surface area (Å²) in [5.74, 6) is -0.478. The molecule has 0 unspecified atom stereocenters.